The van der Waals surface area contributed by atoms with Crippen LogP contribution in [0.2, 0.25) is 0 Å². The van der Waals surface area contributed by atoms with Crippen molar-refractivity contribution in [3.8, 4) is 0 Å². The second-order valence-electron chi connectivity index (χ2n) is 5.60. The van der Waals surface area contributed by atoms with Crippen molar-refractivity contribution >= 4 is 17.5 Å². The van der Waals surface area contributed by atoms with E-state index in [4.69, 9.17) is 0 Å². The third kappa shape index (κ3) is 5.25. The van der Waals surface area contributed by atoms with E-state index in [1.54, 1.807) is 6.07 Å². The van der Waals surface area contributed by atoms with E-state index in [1.165, 1.54) is 5.56 Å². The minimum atomic E-state index is -0.632. The molecule has 0 atom stereocenters. The van der Waals surface area contributed by atoms with Crippen molar-refractivity contribution < 1.29 is 9.59 Å². The molecule has 0 aromatic heterocycles. The molecule has 0 aliphatic heterocycles. The third-order valence-corrected chi connectivity index (χ3v) is 3.74. The Kier molecular flexibility index (Phi) is 5.92. The minimum Gasteiger partial charge on any atom is -0.348 e. The lowest BCUT2D eigenvalue weighted by Crippen LogP contribution is -2.36. The fraction of sp³-hybridized carbons (Fsp3) is 0.263. The number of anilines is 1. The van der Waals surface area contributed by atoms with Gasteiger partial charge in [0.2, 0.25) is 0 Å². The standard InChI is InChI=1S/C19H22N2O2/c1-14-10-11-17(13-15(14)2)21-19(23)18(22)20-12-6-9-16-7-4-3-5-8-16/h3-5,7-8,10-11,13H,6,9,12H2,1-2H3,(H,20,22)(H,21,23). The van der Waals surface area contributed by atoms with E-state index in [9.17, 15) is 9.59 Å². The molecular weight excluding hydrogens is 288 g/mol. The summed E-state index contributed by atoms with van der Waals surface area (Å²) in [4.78, 5) is 23.6. The Morgan fingerprint density at radius 1 is 0.913 bits per heavy atom. The van der Waals surface area contributed by atoms with Crippen LogP contribution < -0.4 is 10.6 Å². The van der Waals surface area contributed by atoms with Gasteiger partial charge in [0.25, 0.3) is 0 Å². The molecule has 0 saturated heterocycles. The summed E-state index contributed by atoms with van der Waals surface area (Å²) in [6.45, 7) is 4.45. The zero-order valence-electron chi connectivity index (χ0n) is 13.6. The van der Waals surface area contributed by atoms with E-state index < -0.39 is 11.8 Å². The third-order valence-electron chi connectivity index (χ3n) is 3.74. The van der Waals surface area contributed by atoms with E-state index in [1.807, 2.05) is 56.3 Å². The Balaban J connectivity index is 1.74. The molecule has 4 heteroatoms. The highest BCUT2D eigenvalue weighted by Crippen LogP contribution is 2.13. The maximum atomic E-state index is 11.8. The average molecular weight is 310 g/mol. The first-order chi connectivity index (χ1) is 11.1. The zero-order valence-corrected chi connectivity index (χ0v) is 13.6. The molecule has 2 aromatic carbocycles. The highest BCUT2D eigenvalue weighted by Gasteiger charge is 2.13. The first-order valence-electron chi connectivity index (χ1n) is 7.76. The van der Waals surface area contributed by atoms with Crippen LogP contribution in [0.5, 0.6) is 0 Å². The topological polar surface area (TPSA) is 58.2 Å². The largest absolute Gasteiger partial charge is 0.348 e. The van der Waals surface area contributed by atoms with Crippen LogP contribution in [0.4, 0.5) is 5.69 Å². The minimum absolute atomic E-state index is 0.480. The van der Waals surface area contributed by atoms with Gasteiger partial charge in [0.05, 0.1) is 0 Å². The molecule has 120 valence electrons. The van der Waals surface area contributed by atoms with Crippen LogP contribution >= 0.6 is 0 Å². The maximum Gasteiger partial charge on any atom is 0.313 e. The van der Waals surface area contributed by atoms with Gasteiger partial charge in [0.1, 0.15) is 0 Å². The zero-order chi connectivity index (χ0) is 16.7. The Labute approximate surface area is 136 Å². The monoisotopic (exact) mass is 310 g/mol. The van der Waals surface area contributed by atoms with E-state index in [0.29, 0.717) is 12.2 Å². The Morgan fingerprint density at radius 3 is 2.35 bits per heavy atom. The van der Waals surface area contributed by atoms with Crippen molar-refractivity contribution in [2.75, 3.05) is 11.9 Å². The molecule has 4 nitrogen and oxygen atoms in total. The first kappa shape index (κ1) is 16.7. The molecule has 0 spiro atoms. The molecule has 0 bridgehead atoms. The second-order valence-corrected chi connectivity index (χ2v) is 5.60. The quantitative estimate of drug-likeness (QED) is 0.659. The number of carbonyl (C=O) groups excluding carboxylic acids is 2. The van der Waals surface area contributed by atoms with Crippen LogP contribution in [0.1, 0.15) is 23.1 Å². The van der Waals surface area contributed by atoms with Crippen molar-refractivity contribution in [1.29, 1.82) is 0 Å². The van der Waals surface area contributed by atoms with E-state index in [-0.39, 0.29) is 0 Å². The molecule has 2 aromatic rings. The van der Waals surface area contributed by atoms with Crippen LogP contribution in [0, 0.1) is 13.8 Å². The van der Waals surface area contributed by atoms with Gasteiger partial charge in [-0.3, -0.25) is 9.59 Å². The van der Waals surface area contributed by atoms with Crippen LogP contribution in [0.25, 0.3) is 0 Å². The molecule has 0 heterocycles. The SMILES string of the molecule is Cc1ccc(NC(=O)C(=O)NCCCc2ccccc2)cc1C. The van der Waals surface area contributed by atoms with E-state index >= 15 is 0 Å². The number of nitrogens with one attached hydrogen (secondary N) is 2. The predicted octanol–water partition coefficient (Wildman–Crippen LogP) is 2.99. The molecule has 0 aliphatic carbocycles. The number of carbonyl (C=O) groups is 2. The molecule has 0 unspecified atom stereocenters. The summed E-state index contributed by atoms with van der Waals surface area (Å²) in [5, 5.41) is 5.27. The Hall–Kier alpha value is -2.62. The van der Waals surface area contributed by atoms with Gasteiger partial charge in [-0.05, 0) is 55.5 Å². The fourth-order valence-corrected chi connectivity index (χ4v) is 2.23. The van der Waals surface area contributed by atoms with Gasteiger partial charge in [-0.1, -0.05) is 36.4 Å². The summed E-state index contributed by atoms with van der Waals surface area (Å²) in [6, 6.07) is 15.6. The molecule has 23 heavy (non-hydrogen) atoms. The number of rotatable bonds is 5. The number of amides is 2. The van der Waals surface area contributed by atoms with Gasteiger partial charge in [-0.15, -0.1) is 0 Å². The summed E-state index contributed by atoms with van der Waals surface area (Å²) < 4.78 is 0. The van der Waals surface area contributed by atoms with Crippen LogP contribution in [-0.4, -0.2) is 18.4 Å². The Morgan fingerprint density at radius 2 is 1.65 bits per heavy atom. The van der Waals surface area contributed by atoms with E-state index in [2.05, 4.69) is 10.6 Å². The number of benzene rings is 2. The van der Waals surface area contributed by atoms with Gasteiger partial charge in [0.15, 0.2) is 0 Å². The molecule has 0 saturated carbocycles. The van der Waals surface area contributed by atoms with E-state index in [0.717, 1.165) is 24.0 Å². The summed E-state index contributed by atoms with van der Waals surface area (Å²) in [7, 11) is 0. The lowest BCUT2D eigenvalue weighted by atomic mass is 10.1. The van der Waals surface area contributed by atoms with Crippen molar-refractivity contribution in [2.24, 2.45) is 0 Å². The van der Waals surface area contributed by atoms with Crippen molar-refractivity contribution in [3.05, 3.63) is 65.2 Å². The molecule has 2 amide bonds. The van der Waals surface area contributed by atoms with Gasteiger partial charge in [-0.25, -0.2) is 0 Å². The summed E-state index contributed by atoms with van der Waals surface area (Å²) in [6.07, 6.45) is 1.67. The molecule has 2 N–H and O–H groups in total. The highest BCUT2D eigenvalue weighted by atomic mass is 16.2. The molecule has 0 radical (unpaired) electrons. The summed E-state index contributed by atoms with van der Waals surface area (Å²) >= 11 is 0. The molecule has 0 fully saturated rings. The van der Waals surface area contributed by atoms with Crippen LogP contribution in [-0.2, 0) is 16.0 Å². The number of hydrogen-bond donors (Lipinski definition) is 2. The van der Waals surface area contributed by atoms with Gasteiger partial charge < -0.3 is 10.6 Å². The number of hydrogen-bond acceptors (Lipinski definition) is 2. The van der Waals surface area contributed by atoms with Gasteiger partial charge in [0, 0.05) is 12.2 Å². The predicted molar refractivity (Wildman–Crippen MR) is 92.3 cm³/mol. The molecular formula is C19H22N2O2. The molecule has 2 rings (SSSR count). The molecule has 0 aliphatic rings. The first-order valence-corrected chi connectivity index (χ1v) is 7.76. The van der Waals surface area contributed by atoms with Crippen LogP contribution in [0.3, 0.4) is 0 Å². The lowest BCUT2D eigenvalue weighted by Gasteiger charge is -2.08. The average Bonchev–Trinajstić information content (AvgIpc) is 2.55. The van der Waals surface area contributed by atoms with Crippen LogP contribution in [0.15, 0.2) is 48.5 Å². The fourth-order valence-electron chi connectivity index (χ4n) is 2.23. The second kappa shape index (κ2) is 8.13. The van der Waals surface area contributed by atoms with Crippen molar-refractivity contribution in [1.82, 2.24) is 5.32 Å². The van der Waals surface area contributed by atoms with Gasteiger partial charge in [-0.2, -0.15) is 0 Å². The smallest absolute Gasteiger partial charge is 0.313 e. The highest BCUT2D eigenvalue weighted by molar-refractivity contribution is 6.39. The van der Waals surface area contributed by atoms with Crippen molar-refractivity contribution in [3.63, 3.8) is 0 Å². The summed E-state index contributed by atoms with van der Waals surface area (Å²) in [5.74, 6) is -1.23. The van der Waals surface area contributed by atoms with Gasteiger partial charge >= 0.3 is 11.8 Å². The number of aryl methyl sites for hydroxylation is 3. The lowest BCUT2D eigenvalue weighted by molar-refractivity contribution is -0.136. The maximum absolute atomic E-state index is 11.8. The Bertz CT molecular complexity index is 681. The normalized spacial score (nSPS) is 10.2. The van der Waals surface area contributed by atoms with Crippen molar-refractivity contribution in [2.45, 2.75) is 26.7 Å². The summed E-state index contributed by atoms with van der Waals surface area (Å²) in [5.41, 5.74) is 4.08.